The molecule has 2 aromatic rings. The van der Waals surface area contributed by atoms with E-state index < -0.39 is 39.5 Å². The lowest BCUT2D eigenvalue weighted by Crippen LogP contribution is -2.59. The summed E-state index contributed by atoms with van der Waals surface area (Å²) in [5.74, 6) is -0.0410. The lowest BCUT2D eigenvalue weighted by molar-refractivity contribution is -0.132. The van der Waals surface area contributed by atoms with Crippen molar-refractivity contribution < 1.29 is 32.6 Å². The number of carbonyl (C=O) groups excluding carboxylic acids is 2. The van der Waals surface area contributed by atoms with Crippen molar-refractivity contribution in [3.05, 3.63) is 54.1 Å². The first-order chi connectivity index (χ1) is 18.3. The van der Waals surface area contributed by atoms with Crippen LogP contribution >= 0.6 is 0 Å². The van der Waals surface area contributed by atoms with Crippen LogP contribution in [0.5, 0.6) is 11.5 Å². The number of hydrogen-bond acceptors (Lipinski definition) is 8. The second-order valence-electron chi connectivity index (χ2n) is 10.6. The van der Waals surface area contributed by atoms with Crippen LogP contribution in [-0.4, -0.2) is 81.8 Å². The molecule has 0 spiro atoms. The van der Waals surface area contributed by atoms with Gasteiger partial charge in [-0.1, -0.05) is 51.1 Å². The third-order valence-electron chi connectivity index (χ3n) is 6.36. The topological polar surface area (TPSA) is 146 Å². The number of nitrogens with zero attached hydrogens (tertiary/aromatic N) is 1. The maximum Gasteiger partial charge on any atom is 0.243 e. The van der Waals surface area contributed by atoms with Crippen molar-refractivity contribution in [3.63, 3.8) is 0 Å². The van der Waals surface area contributed by atoms with Crippen LogP contribution in [0, 0.1) is 5.41 Å². The van der Waals surface area contributed by atoms with Crippen molar-refractivity contribution in [3.8, 4) is 11.5 Å². The molecule has 2 aromatic carbocycles. The van der Waals surface area contributed by atoms with Crippen molar-refractivity contribution in [2.75, 3.05) is 34.0 Å². The average molecular weight is 563 g/mol. The number of hydrogen-bond donors (Lipinski definition) is 4. The van der Waals surface area contributed by atoms with Gasteiger partial charge >= 0.3 is 0 Å². The number of amides is 2. The SMILES string of the molecule is CNCC(=O)N[C@H](C(=O)N[C@@H](Cc1ccccc1)[C@H](O)CN(C)S(=O)(=O)c1ccc2c(c1)OCO2)C(C)(C)C. The highest BCUT2D eigenvalue weighted by Crippen LogP contribution is 2.34. The van der Waals surface area contributed by atoms with Gasteiger partial charge in [-0.15, -0.1) is 0 Å². The van der Waals surface area contributed by atoms with E-state index in [9.17, 15) is 23.1 Å². The number of sulfonamides is 1. The van der Waals surface area contributed by atoms with E-state index in [1.807, 2.05) is 51.1 Å². The molecular weight excluding hydrogens is 524 g/mol. The highest BCUT2D eigenvalue weighted by Gasteiger charge is 2.36. The molecule has 0 aliphatic carbocycles. The zero-order valence-electron chi connectivity index (χ0n) is 22.9. The Labute approximate surface area is 229 Å². The van der Waals surface area contributed by atoms with Gasteiger partial charge in [0.15, 0.2) is 11.5 Å². The largest absolute Gasteiger partial charge is 0.454 e. The Kier molecular flexibility index (Phi) is 9.94. The van der Waals surface area contributed by atoms with E-state index in [4.69, 9.17) is 9.47 Å². The molecule has 0 fully saturated rings. The van der Waals surface area contributed by atoms with Gasteiger partial charge in [0.25, 0.3) is 0 Å². The summed E-state index contributed by atoms with van der Waals surface area (Å²) in [5.41, 5.74) is 0.213. The van der Waals surface area contributed by atoms with E-state index in [1.54, 1.807) is 7.05 Å². The molecule has 214 valence electrons. The van der Waals surface area contributed by atoms with Gasteiger partial charge in [-0.25, -0.2) is 8.42 Å². The fourth-order valence-corrected chi connectivity index (χ4v) is 5.38. The third kappa shape index (κ3) is 7.91. The number of nitrogens with one attached hydrogen (secondary N) is 3. The molecule has 0 saturated carbocycles. The molecule has 2 amide bonds. The Bertz CT molecular complexity index is 1250. The Morgan fingerprint density at radius 1 is 1.05 bits per heavy atom. The smallest absolute Gasteiger partial charge is 0.243 e. The molecule has 11 nitrogen and oxygen atoms in total. The maximum absolute atomic E-state index is 13.4. The minimum atomic E-state index is -3.99. The number of carbonyl (C=O) groups is 2. The van der Waals surface area contributed by atoms with Crippen molar-refractivity contribution >= 4 is 21.8 Å². The van der Waals surface area contributed by atoms with E-state index in [0.29, 0.717) is 11.5 Å². The molecule has 1 aliphatic heterocycles. The summed E-state index contributed by atoms with van der Waals surface area (Å²) in [5, 5.41) is 19.6. The van der Waals surface area contributed by atoms with E-state index >= 15 is 0 Å². The lowest BCUT2D eigenvalue weighted by atomic mass is 9.85. The Balaban J connectivity index is 1.81. The van der Waals surface area contributed by atoms with Gasteiger partial charge in [-0.3, -0.25) is 9.59 Å². The Morgan fingerprint density at radius 3 is 2.36 bits per heavy atom. The highest BCUT2D eigenvalue weighted by molar-refractivity contribution is 7.89. The number of likely N-dealkylation sites (N-methyl/N-ethyl adjacent to an activating group) is 2. The number of aliphatic hydroxyl groups excluding tert-OH is 1. The molecular formula is C27H38N4O7S. The van der Waals surface area contributed by atoms with Crippen molar-refractivity contribution in [1.82, 2.24) is 20.3 Å². The summed E-state index contributed by atoms with van der Waals surface area (Å²) in [6.07, 6.45) is -1.02. The molecule has 0 aromatic heterocycles. The number of benzene rings is 2. The molecule has 1 heterocycles. The molecule has 0 unspecified atom stereocenters. The van der Waals surface area contributed by atoms with Gasteiger partial charge in [0.2, 0.25) is 28.6 Å². The molecule has 0 bridgehead atoms. The number of ether oxygens (including phenoxy) is 2. The van der Waals surface area contributed by atoms with Gasteiger partial charge in [-0.05, 0) is 36.6 Å². The summed E-state index contributed by atoms with van der Waals surface area (Å²) in [7, 11) is -0.998. The lowest BCUT2D eigenvalue weighted by Gasteiger charge is -2.34. The minimum absolute atomic E-state index is 0.00913. The van der Waals surface area contributed by atoms with Crippen LogP contribution < -0.4 is 25.4 Å². The summed E-state index contributed by atoms with van der Waals surface area (Å²) >= 11 is 0. The summed E-state index contributed by atoms with van der Waals surface area (Å²) in [6.45, 7) is 5.24. The maximum atomic E-state index is 13.4. The predicted octanol–water partition coefficient (Wildman–Crippen LogP) is 0.875. The molecule has 3 atom stereocenters. The van der Waals surface area contributed by atoms with Gasteiger partial charge < -0.3 is 30.5 Å². The molecule has 12 heteroatoms. The minimum Gasteiger partial charge on any atom is -0.454 e. The zero-order valence-corrected chi connectivity index (χ0v) is 23.7. The average Bonchev–Trinajstić information content (AvgIpc) is 3.35. The second-order valence-corrected chi connectivity index (χ2v) is 12.6. The fourth-order valence-electron chi connectivity index (χ4n) is 4.17. The Morgan fingerprint density at radius 2 is 1.72 bits per heavy atom. The normalized spacial score (nSPS) is 15.5. The van der Waals surface area contributed by atoms with Gasteiger partial charge in [-0.2, -0.15) is 4.31 Å². The zero-order chi connectivity index (χ0) is 28.8. The first-order valence-corrected chi connectivity index (χ1v) is 14.1. The van der Waals surface area contributed by atoms with Crippen LogP contribution in [0.2, 0.25) is 0 Å². The first kappa shape index (κ1) is 30.4. The number of fused-ring (bicyclic) bond motifs is 1. The van der Waals surface area contributed by atoms with Crippen LogP contribution in [0.15, 0.2) is 53.4 Å². The van der Waals surface area contributed by atoms with E-state index in [2.05, 4.69) is 16.0 Å². The van der Waals surface area contributed by atoms with Crippen LogP contribution in [-0.2, 0) is 26.0 Å². The van der Waals surface area contributed by atoms with Crippen molar-refractivity contribution in [2.45, 2.75) is 50.3 Å². The summed E-state index contributed by atoms with van der Waals surface area (Å²) in [4.78, 5) is 25.7. The van der Waals surface area contributed by atoms with E-state index in [-0.39, 0.29) is 37.1 Å². The van der Waals surface area contributed by atoms with Crippen molar-refractivity contribution in [2.24, 2.45) is 5.41 Å². The van der Waals surface area contributed by atoms with E-state index in [1.165, 1.54) is 25.2 Å². The molecule has 39 heavy (non-hydrogen) atoms. The monoisotopic (exact) mass is 562 g/mol. The van der Waals surface area contributed by atoms with Gasteiger partial charge in [0, 0.05) is 19.7 Å². The van der Waals surface area contributed by atoms with Crippen LogP contribution in [0.1, 0.15) is 26.3 Å². The summed E-state index contributed by atoms with van der Waals surface area (Å²) < 4.78 is 38.1. The number of rotatable bonds is 12. The standard InChI is InChI=1S/C27H38N4O7S/c1-27(2,3)25(30-24(33)15-28-4)26(34)29-20(13-18-9-7-6-8-10-18)21(32)16-31(5)39(35,36)19-11-12-22-23(14-19)38-17-37-22/h6-12,14,20-21,25,28,32H,13,15-17H2,1-5H3,(H,29,34)(H,30,33)/t20-,21+,25+/m0/s1. The molecule has 3 rings (SSSR count). The van der Waals surface area contributed by atoms with Gasteiger partial charge in [0.05, 0.1) is 23.6 Å². The van der Waals surface area contributed by atoms with Gasteiger partial charge in [0.1, 0.15) is 6.04 Å². The van der Waals surface area contributed by atoms with Crippen molar-refractivity contribution in [1.29, 1.82) is 0 Å². The second kappa shape index (κ2) is 12.8. The molecule has 4 N–H and O–H groups in total. The predicted molar refractivity (Wildman–Crippen MR) is 146 cm³/mol. The fraction of sp³-hybridized carbons (Fsp3) is 0.481. The Hall–Kier alpha value is -3.19. The van der Waals surface area contributed by atoms with E-state index in [0.717, 1.165) is 9.87 Å². The summed E-state index contributed by atoms with van der Waals surface area (Å²) in [6, 6.07) is 11.8. The quantitative estimate of drug-likeness (QED) is 0.298. The first-order valence-electron chi connectivity index (χ1n) is 12.6. The van der Waals surface area contributed by atoms with Crippen LogP contribution in [0.3, 0.4) is 0 Å². The van der Waals surface area contributed by atoms with Crippen LogP contribution in [0.4, 0.5) is 0 Å². The molecule has 1 aliphatic rings. The van der Waals surface area contributed by atoms with Crippen LogP contribution in [0.25, 0.3) is 0 Å². The molecule has 0 radical (unpaired) electrons. The highest BCUT2D eigenvalue weighted by atomic mass is 32.2. The molecule has 0 saturated heterocycles. The third-order valence-corrected chi connectivity index (χ3v) is 8.18. The number of aliphatic hydroxyl groups is 1.